The molecule has 0 spiro atoms. The predicted octanol–water partition coefficient (Wildman–Crippen LogP) is 5.31. The Morgan fingerprint density at radius 3 is 2.86 bits per heavy atom. The smallest absolute Gasteiger partial charge is 0.211 e. The van der Waals surface area contributed by atoms with Gasteiger partial charge in [-0.15, -0.1) is 0 Å². The highest BCUT2D eigenvalue weighted by Crippen LogP contribution is 2.45. The first-order chi connectivity index (χ1) is 13.5. The number of anilines is 2. The van der Waals surface area contributed by atoms with Crippen LogP contribution in [0, 0.1) is 0 Å². The Kier molecular flexibility index (Phi) is 4.05. The highest BCUT2D eigenvalue weighted by atomic mass is 79.9. The summed E-state index contributed by atoms with van der Waals surface area (Å²) in [5, 5.41) is 11.4. The van der Waals surface area contributed by atoms with E-state index in [4.69, 9.17) is 0 Å². The Labute approximate surface area is 172 Å². The number of aromatic nitrogens is 2. The standard InChI is InChI=1S/C22H21BrN4O/c1-12-7-8-24-20-16(12)5-6-17-13(2)18(10-25-21(17)20)22(28)19-9-15-4-3-14(23)11-27(15)26-19/h3-6,9-13,24-25H,7-8H2,1-2H3. The molecule has 5 rings (SSSR count). The summed E-state index contributed by atoms with van der Waals surface area (Å²) in [7, 11) is 0. The van der Waals surface area contributed by atoms with Crippen LogP contribution in [0.15, 0.2) is 52.8 Å². The average Bonchev–Trinajstić information content (AvgIpc) is 3.11. The summed E-state index contributed by atoms with van der Waals surface area (Å²) in [6.07, 6.45) is 4.86. The van der Waals surface area contributed by atoms with Crippen LogP contribution >= 0.6 is 15.9 Å². The maximum atomic E-state index is 13.2. The third-order valence-corrected chi connectivity index (χ3v) is 6.37. The van der Waals surface area contributed by atoms with Crippen molar-refractivity contribution < 1.29 is 4.79 Å². The number of allylic oxidation sites excluding steroid dienone is 1. The Bertz CT molecular complexity index is 1150. The van der Waals surface area contributed by atoms with Crippen LogP contribution in [-0.2, 0) is 0 Å². The summed E-state index contributed by atoms with van der Waals surface area (Å²) < 4.78 is 2.66. The van der Waals surface area contributed by atoms with Gasteiger partial charge in [-0.1, -0.05) is 26.0 Å². The van der Waals surface area contributed by atoms with Gasteiger partial charge >= 0.3 is 0 Å². The fourth-order valence-corrected chi connectivity index (χ4v) is 4.57. The topological polar surface area (TPSA) is 58.4 Å². The number of carbonyl (C=O) groups is 1. The zero-order chi connectivity index (χ0) is 19.4. The number of benzene rings is 1. The zero-order valence-corrected chi connectivity index (χ0v) is 17.4. The van der Waals surface area contributed by atoms with Crippen LogP contribution < -0.4 is 10.6 Å². The summed E-state index contributed by atoms with van der Waals surface area (Å²) in [6, 6.07) is 10.1. The minimum Gasteiger partial charge on any atom is -0.383 e. The lowest BCUT2D eigenvalue weighted by atomic mass is 9.82. The molecule has 0 amide bonds. The molecule has 142 valence electrons. The van der Waals surface area contributed by atoms with Crippen molar-refractivity contribution in [3.8, 4) is 0 Å². The van der Waals surface area contributed by atoms with E-state index in [0.29, 0.717) is 11.6 Å². The van der Waals surface area contributed by atoms with Gasteiger partial charge < -0.3 is 10.6 Å². The van der Waals surface area contributed by atoms with Gasteiger partial charge in [0.05, 0.1) is 16.9 Å². The summed E-state index contributed by atoms with van der Waals surface area (Å²) in [5.41, 5.74) is 6.88. The SMILES string of the molecule is CC1CCNc2c1ccc1c2NC=C(C(=O)c2cc3ccc(Br)cn3n2)C1C. The van der Waals surface area contributed by atoms with Crippen molar-refractivity contribution in [3.05, 3.63) is 69.6 Å². The van der Waals surface area contributed by atoms with Crippen molar-refractivity contribution in [2.24, 2.45) is 0 Å². The fraction of sp³-hybridized carbons (Fsp3) is 0.273. The molecule has 2 unspecified atom stereocenters. The van der Waals surface area contributed by atoms with E-state index in [1.54, 1.807) is 4.52 Å². The van der Waals surface area contributed by atoms with E-state index < -0.39 is 0 Å². The van der Waals surface area contributed by atoms with Gasteiger partial charge in [-0.2, -0.15) is 5.10 Å². The second kappa shape index (κ2) is 6.48. The highest BCUT2D eigenvalue weighted by Gasteiger charge is 2.30. The zero-order valence-electron chi connectivity index (χ0n) is 15.8. The van der Waals surface area contributed by atoms with E-state index in [0.717, 1.165) is 39.8 Å². The quantitative estimate of drug-likeness (QED) is 0.534. The second-order valence-corrected chi connectivity index (χ2v) is 8.57. The van der Waals surface area contributed by atoms with Crippen molar-refractivity contribution in [2.75, 3.05) is 17.2 Å². The van der Waals surface area contributed by atoms with E-state index in [2.05, 4.69) is 57.6 Å². The highest BCUT2D eigenvalue weighted by molar-refractivity contribution is 9.10. The Hall–Kier alpha value is -2.60. The van der Waals surface area contributed by atoms with E-state index in [9.17, 15) is 4.79 Å². The number of pyridine rings is 1. The lowest BCUT2D eigenvalue weighted by Gasteiger charge is -2.31. The minimum atomic E-state index is -0.0375. The molecule has 2 N–H and O–H groups in total. The third-order valence-electron chi connectivity index (χ3n) is 5.90. The Balaban J connectivity index is 1.52. The van der Waals surface area contributed by atoms with Gasteiger partial charge in [0, 0.05) is 34.9 Å². The molecule has 0 saturated carbocycles. The third kappa shape index (κ3) is 2.66. The number of nitrogens with zero attached hydrogens (tertiary/aromatic N) is 2. The summed E-state index contributed by atoms with van der Waals surface area (Å²) in [5.74, 6) is 0.511. The Morgan fingerprint density at radius 2 is 2.00 bits per heavy atom. The molecule has 2 aromatic heterocycles. The number of hydrogen-bond donors (Lipinski definition) is 2. The summed E-state index contributed by atoms with van der Waals surface area (Å²) in [6.45, 7) is 5.34. The molecule has 28 heavy (non-hydrogen) atoms. The molecule has 0 radical (unpaired) electrons. The maximum Gasteiger partial charge on any atom is 0.211 e. The van der Waals surface area contributed by atoms with E-state index in [1.807, 2.05) is 30.6 Å². The van der Waals surface area contributed by atoms with Crippen LogP contribution in [0.25, 0.3) is 5.52 Å². The molecule has 6 heteroatoms. The largest absolute Gasteiger partial charge is 0.383 e. The van der Waals surface area contributed by atoms with Crippen molar-refractivity contribution in [2.45, 2.75) is 32.1 Å². The number of ketones is 1. The van der Waals surface area contributed by atoms with E-state index in [-0.39, 0.29) is 11.7 Å². The van der Waals surface area contributed by atoms with Crippen LogP contribution in [0.5, 0.6) is 0 Å². The van der Waals surface area contributed by atoms with Gasteiger partial charge in [0.25, 0.3) is 0 Å². The van der Waals surface area contributed by atoms with Crippen LogP contribution in [0.3, 0.4) is 0 Å². The first-order valence-corrected chi connectivity index (χ1v) is 10.4. The summed E-state index contributed by atoms with van der Waals surface area (Å²) in [4.78, 5) is 13.2. The Morgan fingerprint density at radius 1 is 1.18 bits per heavy atom. The molecule has 5 nitrogen and oxygen atoms in total. The first-order valence-electron chi connectivity index (χ1n) is 9.60. The lowest BCUT2D eigenvalue weighted by molar-refractivity contribution is 0.102. The van der Waals surface area contributed by atoms with Gasteiger partial charge in [0.2, 0.25) is 5.78 Å². The molecule has 2 aliphatic rings. The van der Waals surface area contributed by atoms with Gasteiger partial charge in [-0.05, 0) is 57.6 Å². The molecule has 2 aliphatic heterocycles. The summed E-state index contributed by atoms with van der Waals surface area (Å²) >= 11 is 3.44. The number of halogens is 1. The molecule has 2 atom stereocenters. The number of carbonyl (C=O) groups excluding carboxylic acids is 1. The van der Waals surface area contributed by atoms with Crippen molar-refractivity contribution in [1.82, 2.24) is 9.61 Å². The monoisotopic (exact) mass is 436 g/mol. The van der Waals surface area contributed by atoms with Crippen LogP contribution in [0.2, 0.25) is 0 Å². The molecular weight excluding hydrogens is 416 g/mol. The number of nitrogens with one attached hydrogen (secondary N) is 2. The van der Waals surface area contributed by atoms with Gasteiger partial charge in [-0.25, -0.2) is 4.52 Å². The van der Waals surface area contributed by atoms with Crippen LogP contribution in [0.1, 0.15) is 53.7 Å². The van der Waals surface area contributed by atoms with Gasteiger partial charge in [0.1, 0.15) is 5.69 Å². The molecule has 4 heterocycles. The molecule has 0 bridgehead atoms. The first kappa shape index (κ1) is 17.5. The second-order valence-electron chi connectivity index (χ2n) is 7.65. The molecule has 0 fully saturated rings. The molecular formula is C22H21BrN4O. The maximum absolute atomic E-state index is 13.2. The van der Waals surface area contributed by atoms with E-state index >= 15 is 0 Å². The van der Waals surface area contributed by atoms with Crippen molar-refractivity contribution in [3.63, 3.8) is 0 Å². The van der Waals surface area contributed by atoms with Crippen molar-refractivity contribution in [1.29, 1.82) is 0 Å². The molecule has 3 aromatic rings. The number of hydrogen-bond acceptors (Lipinski definition) is 4. The molecule has 0 aliphatic carbocycles. The van der Waals surface area contributed by atoms with E-state index in [1.165, 1.54) is 11.3 Å². The normalized spacial score (nSPS) is 20.6. The minimum absolute atomic E-state index is 0.00429. The molecule has 1 aromatic carbocycles. The van der Waals surface area contributed by atoms with Crippen molar-refractivity contribution >= 4 is 38.6 Å². The lowest BCUT2D eigenvalue weighted by Crippen LogP contribution is -2.22. The van der Waals surface area contributed by atoms with Gasteiger partial charge in [-0.3, -0.25) is 4.79 Å². The number of Topliss-reactive ketones (excluding diaryl/α,β-unsaturated/α-hetero) is 1. The van der Waals surface area contributed by atoms with Crippen LogP contribution in [0.4, 0.5) is 11.4 Å². The van der Waals surface area contributed by atoms with Gasteiger partial charge in [0.15, 0.2) is 0 Å². The predicted molar refractivity (Wildman–Crippen MR) is 115 cm³/mol. The average molecular weight is 437 g/mol. The molecule has 0 saturated heterocycles. The number of rotatable bonds is 2. The number of fused-ring (bicyclic) bond motifs is 4. The van der Waals surface area contributed by atoms with Crippen LogP contribution in [-0.4, -0.2) is 21.9 Å². The fourth-order valence-electron chi connectivity index (χ4n) is 4.25.